The Morgan fingerprint density at radius 2 is 1.80 bits per heavy atom. The third-order valence-electron chi connectivity index (χ3n) is 6.35. The lowest BCUT2D eigenvalue weighted by atomic mass is 9.95. The van der Waals surface area contributed by atoms with Gasteiger partial charge in [-0.3, -0.25) is 14.9 Å². The number of aromatic nitrogens is 1. The van der Waals surface area contributed by atoms with Crippen LogP contribution >= 0.6 is 23.2 Å². The molecule has 0 spiro atoms. The van der Waals surface area contributed by atoms with Crippen LogP contribution < -0.4 is 26.7 Å². The molecule has 41 heavy (non-hydrogen) atoms. The van der Waals surface area contributed by atoms with Gasteiger partial charge in [-0.05, 0) is 54.6 Å². The van der Waals surface area contributed by atoms with Crippen molar-refractivity contribution in [1.29, 1.82) is 0 Å². The van der Waals surface area contributed by atoms with Crippen LogP contribution in [-0.2, 0) is 20.7 Å². The van der Waals surface area contributed by atoms with Crippen LogP contribution in [0.25, 0.3) is 6.08 Å². The van der Waals surface area contributed by atoms with Crippen molar-refractivity contribution in [2.75, 3.05) is 29.3 Å². The maximum Gasteiger partial charge on any atom is 0.411 e. The molecule has 0 saturated carbocycles. The Morgan fingerprint density at radius 1 is 1.05 bits per heavy atom. The highest BCUT2D eigenvalue weighted by Gasteiger charge is 2.36. The molecule has 5 rings (SSSR count). The summed E-state index contributed by atoms with van der Waals surface area (Å²) in [5.74, 6) is -0.812. The van der Waals surface area contributed by atoms with Crippen LogP contribution in [-0.4, -0.2) is 47.8 Å². The third kappa shape index (κ3) is 6.40. The predicted octanol–water partition coefficient (Wildman–Crippen LogP) is 4.12. The summed E-state index contributed by atoms with van der Waals surface area (Å²) in [5, 5.41) is 11.7. The molecule has 2 aliphatic heterocycles. The number of methoxy groups -OCH3 is 1. The van der Waals surface area contributed by atoms with Crippen molar-refractivity contribution < 1.29 is 19.1 Å². The molecule has 12 nitrogen and oxygen atoms in total. The minimum atomic E-state index is -0.969. The quantitative estimate of drug-likeness (QED) is 0.247. The van der Waals surface area contributed by atoms with Gasteiger partial charge in [0, 0.05) is 52.3 Å². The van der Waals surface area contributed by atoms with E-state index >= 15 is 0 Å². The molecule has 2 aliphatic rings. The Kier molecular flexibility index (Phi) is 8.34. The fraction of sp³-hybridized carbons (Fsp3) is 0.148. The molecule has 14 heteroatoms. The first-order valence-corrected chi connectivity index (χ1v) is 13.1. The third-order valence-corrected chi connectivity index (χ3v) is 6.80. The Morgan fingerprint density at radius 3 is 2.51 bits per heavy atom. The number of ether oxygens (including phenoxy) is 1. The van der Waals surface area contributed by atoms with Crippen molar-refractivity contribution in [2.45, 2.75) is 12.5 Å². The van der Waals surface area contributed by atoms with Gasteiger partial charge in [0.05, 0.1) is 12.8 Å². The topological polar surface area (TPSA) is 140 Å². The highest BCUT2D eigenvalue weighted by atomic mass is 35.5. The van der Waals surface area contributed by atoms with Crippen LogP contribution in [0.1, 0.15) is 22.9 Å². The van der Waals surface area contributed by atoms with Crippen LogP contribution in [0.3, 0.4) is 0 Å². The van der Waals surface area contributed by atoms with Gasteiger partial charge in [0.15, 0.2) is 0 Å². The highest BCUT2D eigenvalue weighted by molar-refractivity contribution is 6.31. The number of carbonyl (C=O) groups excluding carboxylic acids is 3. The van der Waals surface area contributed by atoms with Gasteiger partial charge >= 0.3 is 6.09 Å². The molecule has 0 bridgehead atoms. The normalized spacial score (nSPS) is 15.8. The molecular formula is C27H24Cl2N8O4. The van der Waals surface area contributed by atoms with Gasteiger partial charge < -0.3 is 15.0 Å². The van der Waals surface area contributed by atoms with Crippen LogP contribution in [0.5, 0.6) is 0 Å². The van der Waals surface area contributed by atoms with E-state index in [0.717, 1.165) is 0 Å². The summed E-state index contributed by atoms with van der Waals surface area (Å²) in [6.07, 6.45) is 4.39. The average molecular weight is 595 g/mol. The number of hydrazone groups is 1. The van der Waals surface area contributed by atoms with Gasteiger partial charge in [0.25, 0.3) is 5.91 Å². The first-order chi connectivity index (χ1) is 19.8. The first kappa shape index (κ1) is 27.9. The molecule has 2 aromatic carbocycles. The zero-order valence-electron chi connectivity index (χ0n) is 21.6. The number of carbonyl (C=O) groups is 3. The zero-order chi connectivity index (χ0) is 28.9. The van der Waals surface area contributed by atoms with E-state index in [1.807, 2.05) is 0 Å². The first-order valence-electron chi connectivity index (χ1n) is 12.3. The summed E-state index contributed by atoms with van der Waals surface area (Å²) in [6, 6.07) is 14.1. The van der Waals surface area contributed by atoms with E-state index in [-0.39, 0.29) is 12.5 Å². The SMILES string of the molecule is COC(=O)Nc1ccc(NC(=O)C2c3ccc(Cl)nc3CCN2C(=O)/C=C/c2cc(Cl)ccc2N2C=NNN2)cc1. The van der Waals surface area contributed by atoms with E-state index in [4.69, 9.17) is 23.2 Å². The molecule has 0 aliphatic carbocycles. The van der Waals surface area contributed by atoms with Crippen molar-refractivity contribution in [3.05, 3.63) is 87.7 Å². The lowest BCUT2D eigenvalue weighted by molar-refractivity contribution is -0.135. The molecule has 1 aromatic heterocycles. The molecule has 4 N–H and O–H groups in total. The summed E-state index contributed by atoms with van der Waals surface area (Å²) >= 11 is 12.3. The van der Waals surface area contributed by atoms with Crippen molar-refractivity contribution in [1.82, 2.24) is 21.0 Å². The standard InChI is InChI=1S/C27H24Cl2N8O4/c1-41-27(40)32-19-6-4-18(5-7-19)31-26(39)25-20-8-10-23(29)33-21(20)12-13-36(25)24(38)11-2-16-14-17(28)3-9-22(16)37-15-30-34-35-37/h2-11,14-15,25,34-35H,12-13H2,1H3,(H,31,39)(H,32,40)/b11-2+. The molecule has 210 valence electrons. The number of hydrogen-bond donors (Lipinski definition) is 4. The van der Waals surface area contributed by atoms with E-state index in [1.165, 1.54) is 18.1 Å². The van der Waals surface area contributed by atoms with E-state index in [1.54, 1.807) is 72.0 Å². The largest absolute Gasteiger partial charge is 0.453 e. The minimum Gasteiger partial charge on any atom is -0.453 e. The average Bonchev–Trinajstić information content (AvgIpc) is 3.51. The van der Waals surface area contributed by atoms with E-state index in [0.29, 0.717) is 50.5 Å². The van der Waals surface area contributed by atoms with Gasteiger partial charge in [-0.25, -0.2) is 20.3 Å². The molecule has 3 heterocycles. The smallest absolute Gasteiger partial charge is 0.411 e. The van der Waals surface area contributed by atoms with Crippen LogP contribution in [0.4, 0.5) is 21.9 Å². The highest BCUT2D eigenvalue weighted by Crippen LogP contribution is 2.32. The molecule has 0 radical (unpaired) electrons. The minimum absolute atomic E-state index is 0.246. The van der Waals surface area contributed by atoms with E-state index < -0.39 is 18.0 Å². The molecule has 0 saturated heterocycles. The van der Waals surface area contributed by atoms with Gasteiger partial charge in [-0.1, -0.05) is 29.3 Å². The molecular weight excluding hydrogens is 571 g/mol. The second-order valence-electron chi connectivity index (χ2n) is 8.91. The monoisotopic (exact) mass is 594 g/mol. The van der Waals surface area contributed by atoms with Gasteiger partial charge in [-0.2, -0.15) is 5.10 Å². The molecule has 0 fully saturated rings. The summed E-state index contributed by atoms with van der Waals surface area (Å²) < 4.78 is 4.59. The molecule has 3 amide bonds. The molecule has 1 unspecified atom stereocenters. The van der Waals surface area contributed by atoms with Gasteiger partial charge in [0.1, 0.15) is 17.5 Å². The van der Waals surface area contributed by atoms with Crippen LogP contribution in [0.2, 0.25) is 10.2 Å². The van der Waals surface area contributed by atoms with E-state index in [2.05, 4.69) is 36.5 Å². The lowest BCUT2D eigenvalue weighted by Gasteiger charge is -2.35. The number of halogens is 2. The number of benzene rings is 2. The fourth-order valence-electron chi connectivity index (χ4n) is 4.45. The van der Waals surface area contributed by atoms with Gasteiger partial charge in [-0.15, -0.1) is 5.53 Å². The Hall–Kier alpha value is -4.65. The number of nitrogens with zero attached hydrogens (tertiary/aromatic N) is 4. The fourth-order valence-corrected chi connectivity index (χ4v) is 4.80. The number of amides is 3. The maximum absolute atomic E-state index is 13.7. The zero-order valence-corrected chi connectivity index (χ0v) is 23.1. The number of rotatable bonds is 6. The maximum atomic E-state index is 13.7. The number of hydrazine groups is 2. The predicted molar refractivity (Wildman–Crippen MR) is 156 cm³/mol. The second kappa shape index (κ2) is 12.3. The number of anilines is 3. The van der Waals surface area contributed by atoms with Crippen LogP contribution in [0, 0.1) is 0 Å². The number of nitrogens with one attached hydrogen (secondary N) is 4. The van der Waals surface area contributed by atoms with E-state index in [9.17, 15) is 14.4 Å². The van der Waals surface area contributed by atoms with Crippen LogP contribution in [0.15, 0.2) is 65.8 Å². The van der Waals surface area contributed by atoms with Crippen molar-refractivity contribution >= 4 is 70.6 Å². The Labute approximate surface area is 244 Å². The number of hydrogen-bond acceptors (Lipinski definition) is 9. The molecule has 3 aromatic rings. The summed E-state index contributed by atoms with van der Waals surface area (Å²) in [6.45, 7) is 0.246. The number of fused-ring (bicyclic) bond motifs is 1. The Bertz CT molecular complexity index is 1550. The molecule has 1 atom stereocenters. The van der Waals surface area contributed by atoms with Crippen molar-refractivity contribution in [3.8, 4) is 0 Å². The summed E-state index contributed by atoms with van der Waals surface area (Å²) in [5.41, 5.74) is 9.02. The Balaban J connectivity index is 1.40. The van der Waals surface area contributed by atoms with Crippen molar-refractivity contribution in [3.63, 3.8) is 0 Å². The number of pyridine rings is 1. The van der Waals surface area contributed by atoms with Crippen molar-refractivity contribution in [2.24, 2.45) is 5.10 Å². The summed E-state index contributed by atoms with van der Waals surface area (Å²) in [4.78, 5) is 44.5. The lowest BCUT2D eigenvalue weighted by Crippen LogP contribution is -2.45. The van der Waals surface area contributed by atoms with Gasteiger partial charge in [0.2, 0.25) is 5.91 Å². The second-order valence-corrected chi connectivity index (χ2v) is 9.74. The summed E-state index contributed by atoms with van der Waals surface area (Å²) in [7, 11) is 1.27.